The summed E-state index contributed by atoms with van der Waals surface area (Å²) < 4.78 is 23.1. The average Bonchev–Trinajstić information content (AvgIpc) is 2.58. The van der Waals surface area contributed by atoms with Crippen molar-refractivity contribution < 1.29 is 13.2 Å². The molecule has 0 spiro atoms. The number of benzene rings is 2. The number of aryl methyl sites for hydroxylation is 1. The lowest BCUT2D eigenvalue weighted by atomic mass is 10.0. The second-order valence-corrected chi connectivity index (χ2v) is 8.38. The molecular formula is C19H22ClNO3S. The molecule has 1 atom stereocenters. The Kier molecular flexibility index (Phi) is 6.62. The van der Waals surface area contributed by atoms with Crippen LogP contribution in [0.25, 0.3) is 0 Å². The number of nitrogens with one attached hydrogen (secondary N) is 1. The van der Waals surface area contributed by atoms with Crippen LogP contribution in [0, 0.1) is 0 Å². The van der Waals surface area contributed by atoms with Gasteiger partial charge in [0.05, 0.1) is 10.9 Å². The first kappa shape index (κ1) is 19.5. The Morgan fingerprint density at radius 1 is 1.12 bits per heavy atom. The van der Waals surface area contributed by atoms with Crippen LogP contribution in [0.5, 0.6) is 0 Å². The highest BCUT2D eigenvalue weighted by Gasteiger charge is 2.14. The summed E-state index contributed by atoms with van der Waals surface area (Å²) in [4.78, 5) is 12.5. The minimum Gasteiger partial charge on any atom is -0.349 e. The number of amides is 1. The van der Waals surface area contributed by atoms with E-state index in [-0.39, 0.29) is 16.8 Å². The summed E-state index contributed by atoms with van der Waals surface area (Å²) in [5.41, 5.74) is 1.84. The molecule has 0 saturated heterocycles. The van der Waals surface area contributed by atoms with Gasteiger partial charge in [-0.3, -0.25) is 4.79 Å². The van der Waals surface area contributed by atoms with Crippen molar-refractivity contribution in [1.82, 2.24) is 5.32 Å². The van der Waals surface area contributed by atoms with Gasteiger partial charge >= 0.3 is 0 Å². The molecule has 1 N–H and O–H groups in total. The zero-order chi connectivity index (χ0) is 18.4. The molecule has 0 aliphatic rings. The molecule has 0 unspecified atom stereocenters. The number of carbonyl (C=O) groups is 1. The quantitative estimate of drug-likeness (QED) is 0.792. The molecule has 0 heterocycles. The van der Waals surface area contributed by atoms with E-state index in [0.717, 1.165) is 17.5 Å². The SMILES string of the molecule is CC[C@@H](NC(=O)CCc1ccccc1Cl)c1ccc(S(C)(=O)=O)cc1. The number of rotatable bonds is 7. The second kappa shape index (κ2) is 8.50. The van der Waals surface area contributed by atoms with Crippen molar-refractivity contribution in [2.45, 2.75) is 37.1 Å². The molecule has 0 fully saturated rings. The first-order chi connectivity index (χ1) is 11.8. The minimum absolute atomic E-state index is 0.0565. The molecule has 134 valence electrons. The summed E-state index contributed by atoms with van der Waals surface area (Å²) in [6.07, 6.45) is 2.82. The molecule has 2 aromatic carbocycles. The summed E-state index contributed by atoms with van der Waals surface area (Å²) >= 11 is 6.11. The maximum absolute atomic E-state index is 12.2. The van der Waals surface area contributed by atoms with Gasteiger partial charge in [-0.15, -0.1) is 0 Å². The summed E-state index contributed by atoms with van der Waals surface area (Å²) in [6.45, 7) is 1.98. The maximum atomic E-state index is 12.2. The zero-order valence-corrected chi connectivity index (χ0v) is 15.9. The predicted octanol–water partition coefficient (Wildman–Crippen LogP) is 3.94. The van der Waals surface area contributed by atoms with Crippen molar-refractivity contribution in [3.63, 3.8) is 0 Å². The van der Waals surface area contributed by atoms with E-state index in [1.807, 2.05) is 31.2 Å². The second-order valence-electron chi connectivity index (χ2n) is 5.96. The van der Waals surface area contributed by atoms with E-state index < -0.39 is 9.84 Å². The minimum atomic E-state index is -3.22. The highest BCUT2D eigenvalue weighted by atomic mass is 35.5. The van der Waals surface area contributed by atoms with Crippen molar-refractivity contribution in [2.24, 2.45) is 0 Å². The lowest BCUT2D eigenvalue weighted by molar-refractivity contribution is -0.121. The van der Waals surface area contributed by atoms with Crippen LogP contribution in [0.3, 0.4) is 0 Å². The molecule has 0 radical (unpaired) electrons. The van der Waals surface area contributed by atoms with Crippen molar-refractivity contribution in [3.05, 3.63) is 64.7 Å². The van der Waals surface area contributed by atoms with Crippen molar-refractivity contribution >= 4 is 27.3 Å². The lowest BCUT2D eigenvalue weighted by Gasteiger charge is -2.18. The van der Waals surface area contributed by atoms with Crippen LogP contribution in [0.1, 0.15) is 36.9 Å². The first-order valence-electron chi connectivity index (χ1n) is 8.14. The number of sulfone groups is 1. The van der Waals surface area contributed by atoms with Crippen LogP contribution in [0.4, 0.5) is 0 Å². The third kappa shape index (κ3) is 5.58. The zero-order valence-electron chi connectivity index (χ0n) is 14.3. The Balaban J connectivity index is 1.99. The molecule has 1 amide bonds. The van der Waals surface area contributed by atoms with Gasteiger partial charge in [0, 0.05) is 17.7 Å². The number of hydrogen-bond donors (Lipinski definition) is 1. The standard InChI is InChI=1S/C19H22ClNO3S/c1-3-18(15-8-11-16(12-9-15)25(2,23)24)21-19(22)13-10-14-6-4-5-7-17(14)20/h4-9,11-12,18H,3,10,13H2,1-2H3,(H,21,22)/t18-/m1/s1. The molecule has 0 bridgehead atoms. The monoisotopic (exact) mass is 379 g/mol. The predicted molar refractivity (Wildman–Crippen MR) is 100 cm³/mol. The van der Waals surface area contributed by atoms with Gasteiger partial charge < -0.3 is 5.32 Å². The summed E-state index contributed by atoms with van der Waals surface area (Å²) in [6, 6.07) is 14.0. The van der Waals surface area contributed by atoms with Crippen LogP contribution in [-0.2, 0) is 21.1 Å². The molecule has 0 aromatic heterocycles. The highest BCUT2D eigenvalue weighted by molar-refractivity contribution is 7.90. The van der Waals surface area contributed by atoms with E-state index in [1.54, 1.807) is 24.3 Å². The molecular weight excluding hydrogens is 358 g/mol. The molecule has 0 aliphatic carbocycles. The maximum Gasteiger partial charge on any atom is 0.220 e. The fourth-order valence-corrected chi connectivity index (χ4v) is 3.44. The Bertz CT molecular complexity index is 832. The van der Waals surface area contributed by atoms with Crippen LogP contribution < -0.4 is 5.32 Å². The molecule has 0 saturated carbocycles. The van der Waals surface area contributed by atoms with Gasteiger partial charge in [-0.2, -0.15) is 0 Å². The third-order valence-corrected chi connectivity index (χ3v) is 5.53. The number of carbonyl (C=O) groups excluding carboxylic acids is 1. The van der Waals surface area contributed by atoms with E-state index in [2.05, 4.69) is 5.32 Å². The van der Waals surface area contributed by atoms with Crippen molar-refractivity contribution in [1.29, 1.82) is 0 Å². The smallest absolute Gasteiger partial charge is 0.220 e. The summed E-state index contributed by atoms with van der Waals surface area (Å²) in [5.74, 6) is -0.0565. The average molecular weight is 380 g/mol. The van der Waals surface area contributed by atoms with E-state index >= 15 is 0 Å². The van der Waals surface area contributed by atoms with E-state index in [9.17, 15) is 13.2 Å². The van der Waals surface area contributed by atoms with Gasteiger partial charge in [-0.1, -0.05) is 48.9 Å². The third-order valence-electron chi connectivity index (χ3n) is 4.03. The highest BCUT2D eigenvalue weighted by Crippen LogP contribution is 2.20. The Morgan fingerprint density at radius 3 is 2.32 bits per heavy atom. The molecule has 0 aliphatic heterocycles. The Hall–Kier alpha value is -1.85. The molecule has 6 heteroatoms. The van der Waals surface area contributed by atoms with Crippen LogP contribution in [0.15, 0.2) is 53.4 Å². The van der Waals surface area contributed by atoms with Gasteiger partial charge in [0.1, 0.15) is 0 Å². The normalized spacial score (nSPS) is 12.6. The van der Waals surface area contributed by atoms with Crippen LogP contribution in [-0.4, -0.2) is 20.6 Å². The van der Waals surface area contributed by atoms with Crippen LogP contribution >= 0.6 is 11.6 Å². The molecule has 2 rings (SSSR count). The van der Waals surface area contributed by atoms with Gasteiger partial charge in [0.25, 0.3) is 0 Å². The topological polar surface area (TPSA) is 63.2 Å². The first-order valence-corrected chi connectivity index (χ1v) is 10.4. The van der Waals surface area contributed by atoms with E-state index in [1.165, 1.54) is 6.26 Å². The Morgan fingerprint density at radius 2 is 1.76 bits per heavy atom. The van der Waals surface area contributed by atoms with Gasteiger partial charge in [0.2, 0.25) is 5.91 Å². The fraction of sp³-hybridized carbons (Fsp3) is 0.316. The van der Waals surface area contributed by atoms with E-state index in [0.29, 0.717) is 17.9 Å². The van der Waals surface area contributed by atoms with Crippen molar-refractivity contribution in [3.8, 4) is 0 Å². The summed E-state index contributed by atoms with van der Waals surface area (Å²) in [7, 11) is -3.22. The van der Waals surface area contributed by atoms with Crippen molar-refractivity contribution in [2.75, 3.05) is 6.26 Å². The lowest BCUT2D eigenvalue weighted by Crippen LogP contribution is -2.28. The van der Waals surface area contributed by atoms with Gasteiger partial charge in [0.15, 0.2) is 9.84 Å². The fourth-order valence-electron chi connectivity index (χ4n) is 2.58. The van der Waals surface area contributed by atoms with Crippen LogP contribution in [0.2, 0.25) is 5.02 Å². The number of hydrogen-bond acceptors (Lipinski definition) is 3. The molecule has 2 aromatic rings. The Labute approximate surface area is 154 Å². The molecule has 25 heavy (non-hydrogen) atoms. The number of halogens is 1. The van der Waals surface area contributed by atoms with Gasteiger partial charge in [-0.25, -0.2) is 8.42 Å². The largest absolute Gasteiger partial charge is 0.349 e. The van der Waals surface area contributed by atoms with Gasteiger partial charge in [-0.05, 0) is 42.2 Å². The van der Waals surface area contributed by atoms with E-state index in [4.69, 9.17) is 11.6 Å². The molecule has 4 nitrogen and oxygen atoms in total. The summed E-state index contributed by atoms with van der Waals surface area (Å²) in [5, 5.41) is 3.66.